The molecule has 11 heteroatoms. The Bertz CT molecular complexity index is 1450. The van der Waals surface area contributed by atoms with Crippen molar-refractivity contribution in [2.24, 2.45) is 0 Å². The van der Waals surface area contributed by atoms with Crippen molar-refractivity contribution in [3.63, 3.8) is 0 Å². The van der Waals surface area contributed by atoms with Gasteiger partial charge in [-0.3, -0.25) is 14.3 Å². The second-order valence-corrected chi connectivity index (χ2v) is 7.90. The summed E-state index contributed by atoms with van der Waals surface area (Å²) in [7, 11) is 1.63. The van der Waals surface area contributed by atoms with Crippen LogP contribution in [0, 0.1) is 6.92 Å². The van der Waals surface area contributed by atoms with Gasteiger partial charge >= 0.3 is 12.1 Å². The first-order valence-corrected chi connectivity index (χ1v) is 10.7. The number of hydrogen-bond donors (Lipinski definition) is 1. The molecular weight excluding hydrogens is 477 g/mol. The van der Waals surface area contributed by atoms with E-state index in [4.69, 9.17) is 0 Å². The molecule has 36 heavy (non-hydrogen) atoms. The van der Waals surface area contributed by atoms with Crippen molar-refractivity contribution >= 4 is 11.6 Å². The maximum absolute atomic E-state index is 13.1. The summed E-state index contributed by atoms with van der Waals surface area (Å²) in [4.78, 5) is 31.6. The molecule has 2 aromatic carbocycles. The van der Waals surface area contributed by atoms with Crippen LogP contribution in [-0.4, -0.2) is 38.5 Å². The molecule has 0 spiro atoms. The van der Waals surface area contributed by atoms with E-state index >= 15 is 0 Å². The number of anilines is 1. The van der Waals surface area contributed by atoms with Crippen molar-refractivity contribution in [3.8, 4) is 17.3 Å². The van der Waals surface area contributed by atoms with Crippen LogP contribution in [0.5, 0.6) is 11.6 Å². The molecule has 0 saturated carbocycles. The Morgan fingerprint density at radius 2 is 1.75 bits per heavy atom. The highest BCUT2D eigenvalue weighted by atomic mass is 19.4. The Kier molecular flexibility index (Phi) is 6.56. The fourth-order valence-electron chi connectivity index (χ4n) is 3.67. The minimum Gasteiger partial charge on any atom is -0.493 e. The number of imidazole rings is 1. The summed E-state index contributed by atoms with van der Waals surface area (Å²) in [5, 5.41) is 10.6. The Morgan fingerprint density at radius 3 is 2.39 bits per heavy atom. The molecule has 186 valence electrons. The number of nitrogens with zero attached hydrogens (tertiary/aromatic N) is 4. The van der Waals surface area contributed by atoms with Crippen LogP contribution in [0.15, 0.2) is 77.7 Å². The summed E-state index contributed by atoms with van der Waals surface area (Å²) in [6, 6.07) is 16.8. The molecule has 1 amide bonds. The van der Waals surface area contributed by atoms with E-state index in [1.54, 1.807) is 31.3 Å². The molecule has 2 heterocycles. The summed E-state index contributed by atoms with van der Waals surface area (Å²) in [6.07, 6.45) is -3.39. The molecular formula is C25H21F3N4O4. The normalized spacial score (nSPS) is 11.4. The molecule has 0 aliphatic heterocycles. The first-order valence-electron chi connectivity index (χ1n) is 10.7. The van der Waals surface area contributed by atoms with Gasteiger partial charge < -0.3 is 14.7 Å². The van der Waals surface area contributed by atoms with E-state index in [-0.39, 0.29) is 35.4 Å². The largest absolute Gasteiger partial charge is 0.573 e. The highest BCUT2D eigenvalue weighted by Gasteiger charge is 2.31. The fourth-order valence-corrected chi connectivity index (χ4v) is 3.67. The minimum absolute atomic E-state index is 0.0261. The van der Waals surface area contributed by atoms with Crippen LogP contribution in [0.2, 0.25) is 0 Å². The van der Waals surface area contributed by atoms with Crippen molar-refractivity contribution in [1.82, 2.24) is 14.1 Å². The Morgan fingerprint density at radius 1 is 1.08 bits per heavy atom. The van der Waals surface area contributed by atoms with E-state index in [1.807, 2.05) is 18.2 Å². The number of hydrogen-bond acceptors (Lipinski definition) is 5. The summed E-state index contributed by atoms with van der Waals surface area (Å²) in [5.74, 6) is -1.16. The molecule has 0 atom stereocenters. The Hall–Kier alpha value is -4.54. The van der Waals surface area contributed by atoms with Crippen LogP contribution in [0.4, 0.5) is 18.9 Å². The number of ether oxygens (including phenoxy) is 1. The highest BCUT2D eigenvalue weighted by Crippen LogP contribution is 2.26. The molecule has 8 nitrogen and oxygen atoms in total. The fraction of sp³-hybridized carbons (Fsp3) is 0.160. The van der Waals surface area contributed by atoms with Crippen molar-refractivity contribution in [2.75, 3.05) is 11.9 Å². The van der Waals surface area contributed by atoms with Crippen LogP contribution >= 0.6 is 0 Å². The maximum atomic E-state index is 13.1. The number of para-hydroxylation sites is 1. The topological polar surface area (TPSA) is 89.6 Å². The molecule has 2 aromatic heterocycles. The van der Waals surface area contributed by atoms with Gasteiger partial charge in [0.15, 0.2) is 0 Å². The Labute approximate surface area is 203 Å². The van der Waals surface area contributed by atoms with Gasteiger partial charge in [-0.05, 0) is 61.0 Å². The number of aromatic nitrogens is 3. The lowest BCUT2D eigenvalue weighted by atomic mass is 10.2. The monoisotopic (exact) mass is 498 g/mol. The van der Waals surface area contributed by atoms with Crippen LogP contribution in [0.3, 0.4) is 0 Å². The zero-order valence-electron chi connectivity index (χ0n) is 19.2. The molecule has 0 bridgehead atoms. The predicted molar refractivity (Wildman–Crippen MR) is 126 cm³/mol. The van der Waals surface area contributed by atoms with Gasteiger partial charge in [-0.2, -0.15) is 0 Å². The second kappa shape index (κ2) is 9.61. The highest BCUT2D eigenvalue weighted by molar-refractivity contribution is 6.04. The number of benzene rings is 2. The number of aromatic hydroxyl groups is 1. The van der Waals surface area contributed by atoms with Crippen molar-refractivity contribution in [3.05, 3.63) is 100 Å². The number of rotatable bonds is 6. The molecule has 0 unspecified atom stereocenters. The SMILES string of the molecule is Cc1c(O)n(-c2ccc(OC(F)(F)F)cc2)c(=O)n1Cc1ccnc(C(=O)N(C)c2ccccc2)c1. The van der Waals surface area contributed by atoms with E-state index in [9.17, 15) is 27.9 Å². The molecule has 4 rings (SSSR count). The van der Waals surface area contributed by atoms with E-state index in [2.05, 4.69) is 9.72 Å². The summed E-state index contributed by atoms with van der Waals surface area (Å²) in [5.41, 5.74) is 1.24. The van der Waals surface area contributed by atoms with Gasteiger partial charge in [-0.1, -0.05) is 18.2 Å². The van der Waals surface area contributed by atoms with Gasteiger partial charge in [-0.25, -0.2) is 9.36 Å². The van der Waals surface area contributed by atoms with E-state index in [0.717, 1.165) is 16.7 Å². The second-order valence-electron chi connectivity index (χ2n) is 7.90. The van der Waals surface area contributed by atoms with E-state index < -0.39 is 17.8 Å². The molecule has 4 aromatic rings. The molecule has 0 fully saturated rings. The third kappa shape index (κ3) is 5.09. The van der Waals surface area contributed by atoms with Gasteiger partial charge in [0.25, 0.3) is 5.91 Å². The van der Waals surface area contributed by atoms with Gasteiger partial charge in [-0.15, -0.1) is 13.2 Å². The quantitative estimate of drug-likeness (QED) is 0.429. The third-order valence-corrected chi connectivity index (χ3v) is 5.52. The number of halogens is 3. The number of alkyl halides is 3. The van der Waals surface area contributed by atoms with Gasteiger partial charge in [0.2, 0.25) is 5.88 Å². The van der Waals surface area contributed by atoms with Crippen LogP contribution < -0.4 is 15.3 Å². The van der Waals surface area contributed by atoms with Crippen molar-refractivity contribution in [1.29, 1.82) is 0 Å². The van der Waals surface area contributed by atoms with Crippen LogP contribution in [0.1, 0.15) is 21.7 Å². The zero-order chi connectivity index (χ0) is 26.0. The number of pyridine rings is 1. The van der Waals surface area contributed by atoms with Gasteiger partial charge in [0, 0.05) is 18.9 Å². The number of carbonyl (C=O) groups excluding carboxylic acids is 1. The van der Waals surface area contributed by atoms with Gasteiger partial charge in [0.1, 0.15) is 11.4 Å². The first kappa shape index (κ1) is 24.6. The molecule has 0 aliphatic rings. The minimum atomic E-state index is -4.85. The van der Waals surface area contributed by atoms with Crippen molar-refractivity contribution in [2.45, 2.75) is 19.8 Å². The molecule has 0 radical (unpaired) electrons. The van der Waals surface area contributed by atoms with Crippen LogP contribution in [-0.2, 0) is 6.54 Å². The predicted octanol–water partition coefficient (Wildman–Crippen LogP) is 4.27. The molecule has 0 saturated heterocycles. The summed E-state index contributed by atoms with van der Waals surface area (Å²) < 4.78 is 43.4. The molecule has 1 N–H and O–H groups in total. The first-order chi connectivity index (χ1) is 17.0. The lowest BCUT2D eigenvalue weighted by molar-refractivity contribution is -0.274. The average molecular weight is 498 g/mol. The van der Waals surface area contributed by atoms with Crippen molar-refractivity contribution < 1.29 is 27.8 Å². The summed E-state index contributed by atoms with van der Waals surface area (Å²) in [6.45, 7) is 1.56. The smallest absolute Gasteiger partial charge is 0.493 e. The standard InChI is InChI=1S/C25H21F3N4O4/c1-16-22(33)32(19-8-10-20(11-9-19)36-25(26,27)28)24(35)31(16)15-17-12-13-29-21(14-17)23(34)30(2)18-6-4-3-5-7-18/h3-14,33H,15H2,1-2H3. The van der Waals surface area contributed by atoms with E-state index in [0.29, 0.717) is 11.3 Å². The molecule has 0 aliphatic carbocycles. The van der Waals surface area contributed by atoms with Crippen LogP contribution in [0.25, 0.3) is 5.69 Å². The van der Waals surface area contributed by atoms with E-state index in [1.165, 1.54) is 34.7 Å². The zero-order valence-corrected chi connectivity index (χ0v) is 19.2. The van der Waals surface area contributed by atoms with Gasteiger partial charge in [0.05, 0.1) is 17.9 Å². The third-order valence-electron chi connectivity index (χ3n) is 5.52. The Balaban J connectivity index is 1.60. The lowest BCUT2D eigenvalue weighted by Gasteiger charge is -2.17. The number of carbonyl (C=O) groups is 1. The maximum Gasteiger partial charge on any atom is 0.573 e. The number of amides is 1. The lowest BCUT2D eigenvalue weighted by Crippen LogP contribution is -2.27. The average Bonchev–Trinajstić information content (AvgIpc) is 3.06. The summed E-state index contributed by atoms with van der Waals surface area (Å²) >= 11 is 0.